The first-order valence-electron chi connectivity index (χ1n) is 6.11. The minimum atomic E-state index is -4.78. The van der Waals surface area contributed by atoms with Crippen LogP contribution in [0.5, 0.6) is 0 Å². The zero-order valence-corrected chi connectivity index (χ0v) is 9.91. The van der Waals surface area contributed by atoms with Gasteiger partial charge in [0.2, 0.25) is 0 Å². The summed E-state index contributed by atoms with van der Waals surface area (Å²) in [6.07, 6.45) is -3.32. The van der Waals surface area contributed by atoms with Crippen molar-refractivity contribution in [1.29, 1.82) is 0 Å². The molecule has 0 bridgehead atoms. The van der Waals surface area contributed by atoms with Crippen molar-refractivity contribution >= 4 is 0 Å². The molecule has 1 N–H and O–H groups in total. The van der Waals surface area contributed by atoms with Gasteiger partial charge in [-0.25, -0.2) is 0 Å². The van der Waals surface area contributed by atoms with Gasteiger partial charge in [0.15, 0.2) is 5.79 Å². The summed E-state index contributed by atoms with van der Waals surface area (Å²) in [5.41, 5.74) is 0. The van der Waals surface area contributed by atoms with Crippen LogP contribution >= 0.6 is 0 Å². The van der Waals surface area contributed by atoms with Crippen LogP contribution in [0.25, 0.3) is 0 Å². The summed E-state index contributed by atoms with van der Waals surface area (Å²) in [5, 5.41) is 9.60. The van der Waals surface area contributed by atoms with Crippen molar-refractivity contribution in [1.82, 2.24) is 0 Å². The molecule has 18 heavy (non-hydrogen) atoms. The molecule has 106 valence electrons. The van der Waals surface area contributed by atoms with E-state index in [4.69, 9.17) is 9.47 Å². The Hall–Kier alpha value is -0.370. The number of hydrogen-bond acceptors (Lipinski definition) is 4. The lowest BCUT2D eigenvalue weighted by Crippen LogP contribution is -2.39. The molecule has 1 saturated carbocycles. The molecule has 1 aliphatic carbocycles. The first-order valence-corrected chi connectivity index (χ1v) is 6.11. The predicted molar refractivity (Wildman–Crippen MR) is 54.7 cm³/mol. The Bertz CT molecular complexity index is 276. The second-order valence-corrected chi connectivity index (χ2v) is 4.76. The van der Waals surface area contributed by atoms with Gasteiger partial charge in [-0.05, 0) is 12.8 Å². The van der Waals surface area contributed by atoms with Crippen molar-refractivity contribution < 1.29 is 32.5 Å². The Kier molecular flexibility index (Phi) is 4.15. The highest BCUT2D eigenvalue weighted by Gasteiger charge is 2.43. The van der Waals surface area contributed by atoms with E-state index in [0.717, 1.165) is 19.3 Å². The number of ether oxygens (including phenoxy) is 3. The second-order valence-electron chi connectivity index (χ2n) is 4.76. The van der Waals surface area contributed by atoms with Gasteiger partial charge in [-0.15, -0.1) is 13.2 Å². The fourth-order valence-electron chi connectivity index (χ4n) is 2.39. The lowest BCUT2D eigenvalue weighted by Gasteiger charge is -2.35. The topological polar surface area (TPSA) is 47.9 Å². The molecule has 0 aromatic heterocycles. The molecule has 1 spiro atoms. The molecule has 2 aliphatic rings. The molecule has 0 radical (unpaired) electrons. The maximum absolute atomic E-state index is 12.2. The Morgan fingerprint density at radius 3 is 2.28 bits per heavy atom. The maximum atomic E-state index is 12.2. The summed E-state index contributed by atoms with van der Waals surface area (Å²) in [7, 11) is 0. The third kappa shape index (κ3) is 3.57. The van der Waals surface area contributed by atoms with E-state index in [2.05, 4.69) is 4.74 Å². The predicted octanol–water partition coefficient (Wildman–Crippen LogP) is 1.96. The number of alkyl halides is 3. The summed E-state index contributed by atoms with van der Waals surface area (Å²) in [6.45, 7) is -0.499. The lowest BCUT2D eigenvalue weighted by molar-refractivity contribution is -0.355. The molecular formula is C11H17F3O4. The SMILES string of the molecule is O[C@H]1COC2(CCCCC2)OC[C@@H]1OC(F)(F)F. The van der Waals surface area contributed by atoms with Gasteiger partial charge in [0, 0.05) is 12.8 Å². The summed E-state index contributed by atoms with van der Waals surface area (Å²) in [6, 6.07) is 0. The first-order chi connectivity index (χ1) is 8.40. The van der Waals surface area contributed by atoms with Crippen molar-refractivity contribution in [2.75, 3.05) is 13.2 Å². The monoisotopic (exact) mass is 270 g/mol. The van der Waals surface area contributed by atoms with Crippen molar-refractivity contribution in [2.45, 2.75) is 56.5 Å². The summed E-state index contributed by atoms with van der Waals surface area (Å²) >= 11 is 0. The number of halogens is 3. The summed E-state index contributed by atoms with van der Waals surface area (Å²) in [4.78, 5) is 0. The van der Waals surface area contributed by atoms with Gasteiger partial charge in [-0.3, -0.25) is 4.74 Å². The highest BCUT2D eigenvalue weighted by Crippen LogP contribution is 2.35. The van der Waals surface area contributed by atoms with Crippen LogP contribution in [0.1, 0.15) is 32.1 Å². The molecular weight excluding hydrogens is 253 g/mol. The van der Waals surface area contributed by atoms with Crippen molar-refractivity contribution in [3.63, 3.8) is 0 Å². The van der Waals surface area contributed by atoms with E-state index in [9.17, 15) is 18.3 Å². The Balaban J connectivity index is 1.97. The van der Waals surface area contributed by atoms with Crippen LogP contribution in [0.4, 0.5) is 13.2 Å². The fraction of sp³-hybridized carbons (Fsp3) is 1.00. The van der Waals surface area contributed by atoms with Gasteiger partial charge >= 0.3 is 6.36 Å². The van der Waals surface area contributed by atoms with E-state index in [1.54, 1.807) is 0 Å². The standard InChI is InChI=1S/C11H17F3O4/c12-11(13,14)18-9-7-17-10(16-6-8(9)15)4-2-1-3-5-10/h8-9,15H,1-7H2/t8-,9-/m0/s1. The maximum Gasteiger partial charge on any atom is 0.522 e. The highest BCUT2D eigenvalue weighted by molar-refractivity contribution is 4.82. The van der Waals surface area contributed by atoms with E-state index in [1.165, 1.54) is 0 Å². The van der Waals surface area contributed by atoms with Gasteiger partial charge < -0.3 is 14.6 Å². The van der Waals surface area contributed by atoms with Crippen LogP contribution in [0, 0.1) is 0 Å². The first kappa shape index (κ1) is 14.0. The molecule has 0 amide bonds. The molecule has 2 atom stereocenters. The Morgan fingerprint density at radius 2 is 1.67 bits per heavy atom. The van der Waals surface area contributed by atoms with E-state index < -0.39 is 24.4 Å². The third-order valence-corrected chi connectivity index (χ3v) is 3.36. The molecule has 7 heteroatoms. The van der Waals surface area contributed by atoms with Crippen LogP contribution in [0.3, 0.4) is 0 Å². The quantitative estimate of drug-likeness (QED) is 0.791. The van der Waals surface area contributed by atoms with Crippen LogP contribution in [-0.2, 0) is 14.2 Å². The van der Waals surface area contributed by atoms with Crippen molar-refractivity contribution in [3.05, 3.63) is 0 Å². The van der Waals surface area contributed by atoms with Gasteiger partial charge in [0.25, 0.3) is 0 Å². The van der Waals surface area contributed by atoms with Crippen LogP contribution < -0.4 is 0 Å². The Labute approximate surface area is 103 Å². The van der Waals surface area contributed by atoms with Crippen LogP contribution in [-0.4, -0.2) is 42.7 Å². The molecule has 4 nitrogen and oxygen atoms in total. The number of aliphatic hydroxyl groups is 1. The molecule has 2 fully saturated rings. The fourth-order valence-corrected chi connectivity index (χ4v) is 2.39. The molecule has 2 rings (SSSR count). The number of rotatable bonds is 1. The van der Waals surface area contributed by atoms with E-state index >= 15 is 0 Å². The van der Waals surface area contributed by atoms with Gasteiger partial charge in [0.05, 0.1) is 13.2 Å². The average Bonchev–Trinajstić information content (AvgIpc) is 2.43. The number of aliphatic hydroxyl groups excluding tert-OH is 1. The minimum Gasteiger partial charge on any atom is -0.388 e. The molecule has 1 heterocycles. The molecule has 0 unspecified atom stereocenters. The highest BCUT2D eigenvalue weighted by atomic mass is 19.4. The summed E-state index contributed by atoms with van der Waals surface area (Å²) in [5.74, 6) is -0.830. The minimum absolute atomic E-state index is 0.194. The normalized spacial score (nSPS) is 33.3. The molecule has 1 aliphatic heterocycles. The zero-order chi connectivity index (χ0) is 13.2. The molecule has 0 aromatic carbocycles. The zero-order valence-electron chi connectivity index (χ0n) is 9.91. The lowest BCUT2D eigenvalue weighted by atomic mass is 9.94. The van der Waals surface area contributed by atoms with Gasteiger partial charge in [0.1, 0.15) is 12.2 Å². The summed E-state index contributed by atoms with van der Waals surface area (Å²) < 4.78 is 51.2. The number of hydrogen-bond donors (Lipinski definition) is 1. The molecule has 0 aromatic rings. The van der Waals surface area contributed by atoms with E-state index in [0.29, 0.717) is 12.8 Å². The van der Waals surface area contributed by atoms with Crippen molar-refractivity contribution in [3.8, 4) is 0 Å². The van der Waals surface area contributed by atoms with Gasteiger partial charge in [-0.2, -0.15) is 0 Å². The third-order valence-electron chi connectivity index (χ3n) is 3.36. The van der Waals surface area contributed by atoms with E-state index in [-0.39, 0.29) is 13.2 Å². The second kappa shape index (κ2) is 5.32. The van der Waals surface area contributed by atoms with Crippen LogP contribution in [0.2, 0.25) is 0 Å². The molecule has 1 saturated heterocycles. The van der Waals surface area contributed by atoms with E-state index in [1.807, 2.05) is 0 Å². The van der Waals surface area contributed by atoms with Gasteiger partial charge in [-0.1, -0.05) is 6.42 Å². The van der Waals surface area contributed by atoms with Crippen molar-refractivity contribution in [2.24, 2.45) is 0 Å². The largest absolute Gasteiger partial charge is 0.522 e. The Morgan fingerprint density at radius 1 is 1.06 bits per heavy atom. The average molecular weight is 270 g/mol. The smallest absolute Gasteiger partial charge is 0.388 e. The van der Waals surface area contributed by atoms with Crippen LogP contribution in [0.15, 0.2) is 0 Å².